The van der Waals surface area contributed by atoms with Gasteiger partial charge in [0.15, 0.2) is 5.78 Å². The minimum atomic E-state index is -1.11. The van der Waals surface area contributed by atoms with E-state index in [4.69, 9.17) is 9.47 Å². The van der Waals surface area contributed by atoms with E-state index in [2.05, 4.69) is 15.7 Å². The van der Waals surface area contributed by atoms with Gasteiger partial charge in [-0.25, -0.2) is 9.59 Å². The summed E-state index contributed by atoms with van der Waals surface area (Å²) in [6.45, 7) is 10.3. The fourth-order valence-electron chi connectivity index (χ4n) is 3.79. The number of carbonyl (C=O) groups is 3. The van der Waals surface area contributed by atoms with Crippen molar-refractivity contribution in [3.8, 4) is 0 Å². The number of hydrogen-bond donors (Lipinski definition) is 2. The number of nitrogens with zero attached hydrogens (tertiary/aromatic N) is 3. The molecule has 0 aromatic carbocycles. The first kappa shape index (κ1) is 29.2. The third kappa shape index (κ3) is 9.87. The number of ketones is 1. The van der Waals surface area contributed by atoms with Crippen LogP contribution in [0.1, 0.15) is 79.6 Å². The second-order valence-corrected chi connectivity index (χ2v) is 12.0. The summed E-state index contributed by atoms with van der Waals surface area (Å²) >= 11 is 1.36. The number of Topliss-reactive ketones (excluding diaryl/α,β-unsaturated/α-hetero) is 1. The van der Waals surface area contributed by atoms with Gasteiger partial charge in [-0.3, -0.25) is 10.1 Å². The molecule has 11 heteroatoms. The predicted octanol–water partition coefficient (Wildman–Crippen LogP) is 4.11. The molecule has 1 aliphatic heterocycles. The van der Waals surface area contributed by atoms with Gasteiger partial charge >= 0.3 is 12.1 Å². The molecule has 0 radical (unpaired) electrons. The monoisotopic (exact) mass is 513 g/mol. The molecule has 0 bridgehead atoms. The van der Waals surface area contributed by atoms with E-state index in [1.54, 1.807) is 20.8 Å². The predicted molar refractivity (Wildman–Crippen MR) is 138 cm³/mol. The summed E-state index contributed by atoms with van der Waals surface area (Å²) in [6.07, 6.45) is 3.11. The Bertz CT molecular complexity index is 775. The molecule has 2 N–H and O–H groups in total. The molecule has 0 saturated heterocycles. The lowest BCUT2D eigenvalue weighted by atomic mass is 9.89. The average Bonchev–Trinajstić information content (AvgIpc) is 3.15. The molecule has 3 amide bonds. The summed E-state index contributed by atoms with van der Waals surface area (Å²) in [5.74, 6) is 0.859. The molecule has 1 aliphatic carbocycles. The van der Waals surface area contributed by atoms with Crippen LogP contribution < -0.4 is 10.6 Å². The Kier molecular flexibility index (Phi) is 10.7. The molecule has 1 saturated carbocycles. The number of thioether (sulfide) groups is 1. The zero-order valence-electron chi connectivity index (χ0n) is 22.3. The molecular formula is C24H43N5O5S. The lowest BCUT2D eigenvalue weighted by Crippen LogP contribution is -2.64. The van der Waals surface area contributed by atoms with Crippen molar-refractivity contribution in [2.45, 2.75) is 97.1 Å². The van der Waals surface area contributed by atoms with Crippen molar-refractivity contribution < 1.29 is 23.9 Å². The third-order valence-corrected chi connectivity index (χ3v) is 6.44. The number of carbonyl (C=O) groups excluding carboxylic acids is 3. The summed E-state index contributed by atoms with van der Waals surface area (Å²) in [7, 11) is 3.94. The number of hydrazone groups is 1. The van der Waals surface area contributed by atoms with E-state index in [0.29, 0.717) is 42.6 Å². The molecule has 35 heavy (non-hydrogen) atoms. The summed E-state index contributed by atoms with van der Waals surface area (Å²) in [6, 6.07) is -0.575. The minimum Gasteiger partial charge on any atom is -0.444 e. The topological polar surface area (TPSA) is 113 Å². The van der Waals surface area contributed by atoms with Gasteiger partial charge in [0.2, 0.25) is 0 Å². The molecule has 10 nitrogen and oxygen atoms in total. The van der Waals surface area contributed by atoms with Gasteiger partial charge in [-0.05, 0) is 72.9 Å². The van der Waals surface area contributed by atoms with E-state index >= 15 is 0 Å². The lowest BCUT2D eigenvalue weighted by Gasteiger charge is -2.39. The number of alkyl carbamates (subject to hydrolysis) is 1. The van der Waals surface area contributed by atoms with Crippen LogP contribution in [0, 0.1) is 5.92 Å². The molecule has 0 spiro atoms. The van der Waals surface area contributed by atoms with Crippen LogP contribution in [0.5, 0.6) is 0 Å². The Morgan fingerprint density at radius 1 is 1.20 bits per heavy atom. The molecule has 200 valence electrons. The quantitative estimate of drug-likeness (QED) is 0.446. The van der Waals surface area contributed by atoms with E-state index in [-0.39, 0.29) is 5.78 Å². The van der Waals surface area contributed by atoms with Gasteiger partial charge in [-0.15, -0.1) is 5.10 Å². The first-order chi connectivity index (χ1) is 16.3. The van der Waals surface area contributed by atoms with Gasteiger partial charge in [0, 0.05) is 18.7 Å². The first-order valence-electron chi connectivity index (χ1n) is 12.5. The van der Waals surface area contributed by atoms with Gasteiger partial charge in [0.05, 0.1) is 0 Å². The van der Waals surface area contributed by atoms with Gasteiger partial charge in [-0.1, -0.05) is 32.0 Å². The van der Waals surface area contributed by atoms with Crippen LogP contribution in [0.15, 0.2) is 5.10 Å². The highest BCUT2D eigenvalue weighted by Gasteiger charge is 2.43. The van der Waals surface area contributed by atoms with Crippen molar-refractivity contribution in [2.24, 2.45) is 11.0 Å². The molecular weight excluding hydrogens is 470 g/mol. The van der Waals surface area contributed by atoms with Crippen LogP contribution in [0.4, 0.5) is 9.59 Å². The lowest BCUT2D eigenvalue weighted by molar-refractivity contribution is -0.131. The van der Waals surface area contributed by atoms with Gasteiger partial charge < -0.3 is 19.7 Å². The van der Waals surface area contributed by atoms with Crippen molar-refractivity contribution in [3.05, 3.63) is 0 Å². The molecule has 1 heterocycles. The maximum atomic E-state index is 13.4. The van der Waals surface area contributed by atoms with E-state index in [1.165, 1.54) is 11.8 Å². The number of hydrogen-bond acceptors (Lipinski definition) is 8. The Labute approximate surface area is 213 Å². The highest BCUT2D eigenvalue weighted by atomic mass is 32.2. The van der Waals surface area contributed by atoms with Crippen LogP contribution in [0.25, 0.3) is 0 Å². The maximum absolute atomic E-state index is 13.4. The van der Waals surface area contributed by atoms with Crippen LogP contribution in [-0.2, 0) is 14.3 Å². The van der Waals surface area contributed by atoms with Crippen molar-refractivity contribution in [1.29, 1.82) is 0 Å². The van der Waals surface area contributed by atoms with Gasteiger partial charge in [-0.2, -0.15) is 5.01 Å². The minimum absolute atomic E-state index is 0.196. The number of nitrogens with one attached hydrogen (secondary N) is 2. The van der Waals surface area contributed by atoms with Crippen molar-refractivity contribution in [3.63, 3.8) is 0 Å². The normalized spacial score (nSPS) is 19.9. The van der Waals surface area contributed by atoms with Gasteiger partial charge in [0.25, 0.3) is 11.5 Å². The summed E-state index contributed by atoms with van der Waals surface area (Å²) in [4.78, 5) is 41.0. The van der Waals surface area contributed by atoms with E-state index in [1.807, 2.05) is 32.8 Å². The molecule has 2 aliphatic rings. The smallest absolute Gasteiger partial charge is 0.409 e. The first-order valence-corrected chi connectivity index (χ1v) is 13.5. The Hall–Kier alpha value is -2.01. The number of urea groups is 1. The second kappa shape index (κ2) is 12.8. The van der Waals surface area contributed by atoms with E-state index in [9.17, 15) is 14.4 Å². The Balaban J connectivity index is 2.18. The zero-order valence-corrected chi connectivity index (χ0v) is 23.1. The third-order valence-electron chi connectivity index (χ3n) is 5.63. The fourth-order valence-corrected chi connectivity index (χ4v) is 4.73. The number of rotatable bonds is 9. The largest absolute Gasteiger partial charge is 0.444 e. The Morgan fingerprint density at radius 2 is 1.86 bits per heavy atom. The highest BCUT2D eigenvalue weighted by molar-refractivity contribution is 8.13. The molecule has 2 rings (SSSR count). The van der Waals surface area contributed by atoms with Crippen molar-refractivity contribution >= 4 is 34.9 Å². The van der Waals surface area contributed by atoms with Crippen LogP contribution in [0.3, 0.4) is 0 Å². The van der Waals surface area contributed by atoms with Crippen molar-refractivity contribution in [1.82, 2.24) is 20.5 Å². The molecule has 1 unspecified atom stereocenters. The molecule has 0 aromatic heterocycles. The average molecular weight is 514 g/mol. The summed E-state index contributed by atoms with van der Waals surface area (Å²) in [5.41, 5.74) is -1.64. The van der Waals surface area contributed by atoms with E-state index in [0.717, 1.165) is 30.8 Å². The van der Waals surface area contributed by atoms with Crippen LogP contribution >= 0.6 is 11.8 Å². The molecule has 0 aromatic rings. The van der Waals surface area contributed by atoms with E-state index < -0.39 is 29.6 Å². The summed E-state index contributed by atoms with van der Waals surface area (Å²) in [5, 5.41) is 11.6. The fraction of sp³-hybridized carbons (Fsp3) is 0.833. The van der Waals surface area contributed by atoms with Gasteiger partial charge in [0.1, 0.15) is 11.3 Å². The molecule has 1 fully saturated rings. The number of ether oxygens (including phenoxy) is 2. The maximum Gasteiger partial charge on any atom is 0.409 e. The second-order valence-electron chi connectivity index (χ2n) is 10.9. The molecule has 1 atom stereocenters. The van der Waals surface area contributed by atoms with Crippen molar-refractivity contribution in [2.75, 3.05) is 26.4 Å². The summed E-state index contributed by atoms with van der Waals surface area (Å²) < 4.78 is 11.3. The number of amides is 3. The standard InChI is InChI=1S/C24H43N5O5S/c1-17(2)11-12-18(30)19-29(27-22(33-19)35-16-15-28(6)7)20(31)25-24(13-9-8-10-14-24)26-21(32)34-23(3,4)5/h17,19H,8-16H2,1-7H3,(H,25,31)(H,26,32). The van der Waals surface area contributed by atoms with Crippen LogP contribution in [-0.4, -0.2) is 76.9 Å². The van der Waals surface area contributed by atoms with Crippen LogP contribution in [0.2, 0.25) is 0 Å². The SMILES string of the molecule is CC(C)CCC(=O)C1OC(SCCN(C)C)=NN1C(=O)NC1(NC(=O)OC(C)(C)C)CCCCC1. The highest BCUT2D eigenvalue weighted by Crippen LogP contribution is 2.28. The Morgan fingerprint density at radius 3 is 2.43 bits per heavy atom. The zero-order chi connectivity index (χ0) is 26.2.